The number of aliphatic hydroxyl groups is 4. The molecule has 3 aliphatic rings. The van der Waals surface area contributed by atoms with E-state index in [1.54, 1.807) is 0 Å². The van der Waals surface area contributed by atoms with Gasteiger partial charge in [-0.15, -0.1) is 0 Å². The van der Waals surface area contributed by atoms with Crippen LogP contribution in [0, 0.1) is 23.2 Å². The lowest BCUT2D eigenvalue weighted by Crippen LogP contribution is -2.60. The average Bonchev–Trinajstić information content (AvgIpc) is 4.07. The molecule has 9 nitrogen and oxygen atoms in total. The molecule has 2 aliphatic carbocycles. The molecular weight excluding hydrogens is 865 g/mol. The number of Topliss-reactive ketones (excluding diaryl/α,β-unsaturated/α-hetero) is 1. The van der Waals surface area contributed by atoms with E-state index in [4.69, 9.17) is 14.2 Å². The Morgan fingerprint density at radius 1 is 0.797 bits per heavy atom. The highest BCUT2D eigenvalue weighted by Crippen LogP contribution is 2.45. The van der Waals surface area contributed by atoms with E-state index < -0.39 is 54.3 Å². The van der Waals surface area contributed by atoms with Crippen LogP contribution in [0.2, 0.25) is 0 Å². The van der Waals surface area contributed by atoms with E-state index in [-0.39, 0.29) is 17.8 Å². The third kappa shape index (κ3) is 21.1. The highest BCUT2D eigenvalue weighted by Gasteiger charge is 2.47. The minimum atomic E-state index is -1.56. The maximum Gasteiger partial charge on any atom is 0.311 e. The molecule has 0 aromatic heterocycles. The summed E-state index contributed by atoms with van der Waals surface area (Å²) >= 11 is 0. The van der Waals surface area contributed by atoms with E-state index in [0.717, 1.165) is 84.3 Å². The van der Waals surface area contributed by atoms with Gasteiger partial charge < -0.3 is 34.6 Å². The monoisotopic (exact) mass is 955 g/mol. The van der Waals surface area contributed by atoms with Crippen molar-refractivity contribution in [3.8, 4) is 0 Å². The highest BCUT2D eigenvalue weighted by molar-refractivity contribution is 5.97. The van der Waals surface area contributed by atoms with E-state index in [2.05, 4.69) is 122 Å². The summed E-state index contributed by atoms with van der Waals surface area (Å²) in [7, 11) is 0. The van der Waals surface area contributed by atoms with Gasteiger partial charge in [0, 0.05) is 6.42 Å². The van der Waals surface area contributed by atoms with Crippen LogP contribution in [-0.4, -0.2) is 81.2 Å². The molecule has 3 rings (SSSR count). The van der Waals surface area contributed by atoms with Crippen LogP contribution in [0.1, 0.15) is 160 Å². The third-order valence-electron chi connectivity index (χ3n) is 14.0. The molecule has 0 radical (unpaired) electrons. The number of carbonyl (C=O) groups excluding carboxylic acids is 2. The Labute approximate surface area is 417 Å². The lowest BCUT2D eigenvalue weighted by Gasteiger charge is -2.43. The van der Waals surface area contributed by atoms with Gasteiger partial charge in [0.15, 0.2) is 12.1 Å². The summed E-state index contributed by atoms with van der Waals surface area (Å²) in [6, 6.07) is 0. The number of aliphatic hydroxyl groups excluding tert-OH is 4. The molecular formula is C60H90O9. The lowest BCUT2D eigenvalue weighted by molar-refractivity contribution is -0.324. The molecule has 69 heavy (non-hydrogen) atoms. The van der Waals surface area contributed by atoms with Gasteiger partial charge in [0.25, 0.3) is 0 Å². The predicted molar refractivity (Wildman–Crippen MR) is 282 cm³/mol. The molecule has 0 amide bonds. The fraction of sp³-hybridized carbons (Fsp3) is 0.600. The van der Waals surface area contributed by atoms with Crippen LogP contribution in [0.25, 0.3) is 0 Å². The Morgan fingerprint density at radius 2 is 1.38 bits per heavy atom. The Kier molecular flexibility index (Phi) is 25.3. The zero-order valence-corrected chi connectivity index (χ0v) is 44.4. The smallest absolute Gasteiger partial charge is 0.311 e. The van der Waals surface area contributed by atoms with Crippen molar-refractivity contribution in [3.05, 3.63) is 130 Å². The summed E-state index contributed by atoms with van der Waals surface area (Å²) in [6.07, 6.45) is 33.1. The first kappa shape index (κ1) is 59.3. The molecule has 1 saturated heterocycles. The van der Waals surface area contributed by atoms with Crippen molar-refractivity contribution in [1.82, 2.24) is 0 Å². The van der Waals surface area contributed by atoms with Crippen molar-refractivity contribution < 1.29 is 44.2 Å². The van der Waals surface area contributed by atoms with E-state index in [1.807, 2.05) is 52.0 Å². The van der Waals surface area contributed by atoms with Crippen molar-refractivity contribution in [1.29, 1.82) is 0 Å². The molecule has 9 unspecified atom stereocenters. The van der Waals surface area contributed by atoms with Gasteiger partial charge in [-0.2, -0.15) is 0 Å². The highest BCUT2D eigenvalue weighted by atomic mass is 16.7. The van der Waals surface area contributed by atoms with Gasteiger partial charge in [-0.3, -0.25) is 9.59 Å². The summed E-state index contributed by atoms with van der Waals surface area (Å²) in [5, 5.41) is 43.3. The van der Waals surface area contributed by atoms with Gasteiger partial charge in [-0.25, -0.2) is 0 Å². The van der Waals surface area contributed by atoms with Gasteiger partial charge in [-0.05, 0) is 135 Å². The van der Waals surface area contributed by atoms with Gasteiger partial charge in [0.1, 0.15) is 31.0 Å². The largest absolute Gasteiger partial charge is 0.463 e. The van der Waals surface area contributed by atoms with Gasteiger partial charge in [0.05, 0.1) is 17.6 Å². The normalized spacial score (nSPS) is 26.7. The van der Waals surface area contributed by atoms with Crippen LogP contribution < -0.4 is 0 Å². The fourth-order valence-corrected chi connectivity index (χ4v) is 8.99. The number of esters is 1. The molecule has 2 fully saturated rings. The van der Waals surface area contributed by atoms with E-state index in [0.29, 0.717) is 31.6 Å². The minimum Gasteiger partial charge on any atom is -0.463 e. The molecule has 9 atom stereocenters. The summed E-state index contributed by atoms with van der Waals surface area (Å²) in [5.41, 5.74) is 7.03. The van der Waals surface area contributed by atoms with Crippen LogP contribution in [0.4, 0.5) is 0 Å². The number of ketones is 1. The lowest BCUT2D eigenvalue weighted by atomic mass is 9.72. The maximum absolute atomic E-state index is 13.3. The number of hydrogen-bond donors (Lipinski definition) is 4. The molecule has 9 heteroatoms. The second kappa shape index (κ2) is 29.4. The maximum atomic E-state index is 13.3. The van der Waals surface area contributed by atoms with Crippen LogP contribution in [0.5, 0.6) is 0 Å². The molecule has 4 N–H and O–H groups in total. The van der Waals surface area contributed by atoms with Gasteiger partial charge in [0.2, 0.25) is 0 Å². The molecule has 1 heterocycles. The number of hydrogen-bond acceptors (Lipinski definition) is 9. The van der Waals surface area contributed by atoms with Crippen molar-refractivity contribution >= 4 is 11.8 Å². The van der Waals surface area contributed by atoms with E-state index in [9.17, 15) is 30.0 Å². The summed E-state index contributed by atoms with van der Waals surface area (Å²) in [4.78, 5) is 25.5. The fourth-order valence-electron chi connectivity index (χ4n) is 8.99. The zero-order valence-electron chi connectivity index (χ0n) is 44.4. The first-order valence-electron chi connectivity index (χ1n) is 25.8. The Bertz CT molecular complexity index is 2010. The number of rotatable bonds is 27. The topological polar surface area (TPSA) is 143 Å². The average molecular weight is 955 g/mol. The van der Waals surface area contributed by atoms with Gasteiger partial charge >= 0.3 is 5.97 Å². The molecule has 0 aromatic carbocycles. The molecule has 384 valence electrons. The molecule has 0 bridgehead atoms. The van der Waals surface area contributed by atoms with Crippen molar-refractivity contribution in [3.63, 3.8) is 0 Å². The first-order chi connectivity index (χ1) is 32.6. The Morgan fingerprint density at radius 3 is 1.96 bits per heavy atom. The molecule has 0 spiro atoms. The second-order valence-corrected chi connectivity index (χ2v) is 21.2. The number of carbonyl (C=O) groups is 2. The number of allylic oxidation sites excluding steroid dienone is 22. The number of unbranched alkanes of at least 4 members (excludes halogenated alkanes) is 1. The van der Waals surface area contributed by atoms with Gasteiger partial charge in [-0.1, -0.05) is 166 Å². The van der Waals surface area contributed by atoms with Crippen LogP contribution in [-0.2, 0) is 23.8 Å². The summed E-state index contributed by atoms with van der Waals surface area (Å²) in [5.74, 6) is 0.381. The van der Waals surface area contributed by atoms with E-state index >= 15 is 0 Å². The second-order valence-electron chi connectivity index (χ2n) is 21.2. The third-order valence-corrected chi connectivity index (χ3v) is 14.0. The Hall–Kier alpha value is -3.96. The zero-order chi connectivity index (χ0) is 51.3. The standard InChI is InChI=1S/C60H90O9/c1-13-15-31-49(52(62)35-33-48-39-47(48)14-2)57(66)67-40-53-54(63)55(64)56(65)58(68-53)69-60(11,12)37-21-30-44(6)28-19-27-43(5)26-18-24-41(3)22-16-17-23-42(4)25-20-29-45(7)32-34-50-46(8)51(61)36-38-59(50,9)10/h16-20,22-29,32,34,47-49,52-56,58,62-65H,13-15,21,30-31,33,35-40H2,1-12H3. The Balaban J connectivity index is 1.43. The van der Waals surface area contributed by atoms with Crippen LogP contribution >= 0.6 is 0 Å². The van der Waals surface area contributed by atoms with Crippen LogP contribution in [0.3, 0.4) is 0 Å². The summed E-state index contributed by atoms with van der Waals surface area (Å²) < 4.78 is 17.8. The predicted octanol–water partition coefficient (Wildman–Crippen LogP) is 12.5. The SMILES string of the molecule is CCCCC(C(=O)OCC1OC(OC(C)(C)CCCC(C)=CC=CC(C)=CC=CC(C)=CC=CC=C(C)C=CC=C(C)C=CC2=C(C)C(=O)CCC2(C)C)C(O)C(O)C1O)C(O)CCC1CC1CC. The molecule has 1 saturated carbocycles. The van der Waals surface area contributed by atoms with Crippen molar-refractivity contribution in [2.24, 2.45) is 23.2 Å². The summed E-state index contributed by atoms with van der Waals surface area (Å²) in [6.45, 7) is 24.4. The number of ether oxygens (including phenoxy) is 3. The van der Waals surface area contributed by atoms with Crippen LogP contribution in [0.15, 0.2) is 130 Å². The van der Waals surface area contributed by atoms with E-state index in [1.165, 1.54) is 12.0 Å². The minimum absolute atomic E-state index is 0.0157. The van der Waals surface area contributed by atoms with Crippen molar-refractivity contribution in [2.45, 2.75) is 203 Å². The van der Waals surface area contributed by atoms with Crippen molar-refractivity contribution in [2.75, 3.05) is 6.61 Å². The molecule has 1 aliphatic heterocycles. The first-order valence-corrected chi connectivity index (χ1v) is 25.8. The molecule has 0 aromatic rings. The quantitative estimate of drug-likeness (QED) is 0.0467.